The van der Waals surface area contributed by atoms with Gasteiger partial charge in [0.25, 0.3) is 17.4 Å². The van der Waals surface area contributed by atoms with E-state index in [0.29, 0.717) is 11.3 Å². The first kappa shape index (κ1) is 19.3. The summed E-state index contributed by atoms with van der Waals surface area (Å²) >= 11 is 0. The van der Waals surface area contributed by atoms with Crippen molar-refractivity contribution in [2.45, 2.75) is 13.0 Å². The highest BCUT2D eigenvalue weighted by Crippen LogP contribution is 2.19. The molecule has 3 heterocycles. The molecule has 1 atom stereocenters. The Labute approximate surface area is 170 Å². The number of nitrogens with zero attached hydrogens (tertiary/aromatic N) is 3. The fraction of sp³-hybridized carbons (Fsp3) is 0.190. The number of hydrogen-bond donors (Lipinski definition) is 1. The molecule has 30 heavy (non-hydrogen) atoms. The molecule has 4 rings (SSSR count). The Bertz CT molecular complexity index is 1190. The Morgan fingerprint density at radius 3 is 2.63 bits per heavy atom. The molecular formula is C21H18N4O5. The largest absolute Gasteiger partial charge is 0.439 e. The quantitative estimate of drug-likeness (QED) is 0.687. The first-order chi connectivity index (χ1) is 14.4. The van der Waals surface area contributed by atoms with Gasteiger partial charge in [0.15, 0.2) is 12.3 Å². The van der Waals surface area contributed by atoms with Crippen molar-refractivity contribution in [2.24, 2.45) is 0 Å². The SMILES string of the molecule is Cc1cc(=O)n2cccc(C(=O)NC(CN3C(=O)COC3=O)c3ccccc3)c2n1. The molecule has 0 spiro atoms. The predicted molar refractivity (Wildman–Crippen MR) is 106 cm³/mol. The van der Waals surface area contributed by atoms with Crippen molar-refractivity contribution < 1.29 is 19.1 Å². The Hall–Kier alpha value is -4.01. The van der Waals surface area contributed by atoms with E-state index in [4.69, 9.17) is 4.74 Å². The third-order valence-electron chi connectivity index (χ3n) is 4.78. The zero-order chi connectivity index (χ0) is 21.3. The van der Waals surface area contributed by atoms with Gasteiger partial charge in [0.1, 0.15) is 0 Å². The first-order valence-corrected chi connectivity index (χ1v) is 9.26. The number of hydrogen-bond acceptors (Lipinski definition) is 6. The Morgan fingerprint density at radius 1 is 1.17 bits per heavy atom. The van der Waals surface area contributed by atoms with Gasteiger partial charge in [0.05, 0.1) is 18.2 Å². The number of rotatable bonds is 5. The van der Waals surface area contributed by atoms with Crippen molar-refractivity contribution >= 4 is 23.6 Å². The molecule has 0 radical (unpaired) electrons. The second kappa shape index (κ2) is 7.78. The molecule has 3 amide bonds. The van der Waals surface area contributed by atoms with Gasteiger partial charge in [-0.3, -0.25) is 18.8 Å². The highest BCUT2D eigenvalue weighted by atomic mass is 16.6. The maximum Gasteiger partial charge on any atom is 0.417 e. The van der Waals surface area contributed by atoms with E-state index >= 15 is 0 Å². The minimum atomic E-state index is -0.746. The molecule has 2 aromatic heterocycles. The van der Waals surface area contributed by atoms with Gasteiger partial charge in [-0.1, -0.05) is 30.3 Å². The van der Waals surface area contributed by atoms with E-state index in [9.17, 15) is 19.2 Å². The normalized spacial score (nSPS) is 14.6. The molecular weight excluding hydrogens is 388 g/mol. The Morgan fingerprint density at radius 2 is 1.93 bits per heavy atom. The van der Waals surface area contributed by atoms with Crippen molar-refractivity contribution in [1.82, 2.24) is 19.6 Å². The minimum Gasteiger partial charge on any atom is -0.439 e. The van der Waals surface area contributed by atoms with Crippen molar-refractivity contribution in [3.8, 4) is 0 Å². The molecule has 0 saturated carbocycles. The molecule has 1 saturated heterocycles. The summed E-state index contributed by atoms with van der Waals surface area (Å²) < 4.78 is 6.06. The van der Waals surface area contributed by atoms with Crippen LogP contribution in [0.5, 0.6) is 0 Å². The van der Waals surface area contributed by atoms with Crippen LogP contribution in [0.1, 0.15) is 27.7 Å². The fourth-order valence-electron chi connectivity index (χ4n) is 3.31. The average Bonchev–Trinajstić information content (AvgIpc) is 3.05. The lowest BCUT2D eigenvalue weighted by Crippen LogP contribution is -2.40. The smallest absolute Gasteiger partial charge is 0.417 e. The van der Waals surface area contributed by atoms with Crippen LogP contribution in [0, 0.1) is 6.92 Å². The number of imide groups is 1. The van der Waals surface area contributed by atoms with Gasteiger partial charge in [0.2, 0.25) is 0 Å². The first-order valence-electron chi connectivity index (χ1n) is 9.26. The van der Waals surface area contributed by atoms with Gasteiger partial charge in [-0.2, -0.15) is 0 Å². The molecule has 3 aromatic rings. The lowest BCUT2D eigenvalue weighted by molar-refractivity contribution is -0.126. The number of pyridine rings is 1. The third kappa shape index (κ3) is 3.64. The second-order valence-corrected chi connectivity index (χ2v) is 6.85. The molecule has 1 aliphatic rings. The maximum atomic E-state index is 13.1. The lowest BCUT2D eigenvalue weighted by Gasteiger charge is -2.23. The van der Waals surface area contributed by atoms with E-state index in [1.54, 1.807) is 43.3 Å². The van der Waals surface area contributed by atoms with Crippen LogP contribution in [0.25, 0.3) is 5.65 Å². The van der Waals surface area contributed by atoms with Gasteiger partial charge in [0, 0.05) is 18.0 Å². The number of carbonyl (C=O) groups excluding carboxylic acids is 3. The van der Waals surface area contributed by atoms with Gasteiger partial charge in [-0.25, -0.2) is 14.7 Å². The van der Waals surface area contributed by atoms with E-state index in [0.717, 1.165) is 4.90 Å². The van der Waals surface area contributed by atoms with E-state index in [1.807, 2.05) is 6.07 Å². The molecule has 9 heteroatoms. The van der Waals surface area contributed by atoms with Gasteiger partial charge in [-0.15, -0.1) is 0 Å². The summed E-state index contributed by atoms with van der Waals surface area (Å²) in [6.07, 6.45) is 0.790. The fourth-order valence-corrected chi connectivity index (χ4v) is 3.31. The Balaban J connectivity index is 1.69. The van der Waals surface area contributed by atoms with Crippen LogP contribution >= 0.6 is 0 Å². The van der Waals surface area contributed by atoms with Crippen LogP contribution in [-0.2, 0) is 9.53 Å². The van der Waals surface area contributed by atoms with Crippen LogP contribution in [0.4, 0.5) is 4.79 Å². The van der Waals surface area contributed by atoms with Crippen molar-refractivity contribution in [3.05, 3.63) is 81.9 Å². The molecule has 0 aliphatic carbocycles. The number of fused-ring (bicyclic) bond motifs is 1. The van der Waals surface area contributed by atoms with E-state index in [1.165, 1.54) is 16.7 Å². The molecule has 1 aromatic carbocycles. The van der Waals surface area contributed by atoms with E-state index in [2.05, 4.69) is 10.3 Å². The number of aromatic nitrogens is 2. The van der Waals surface area contributed by atoms with Crippen LogP contribution in [0.3, 0.4) is 0 Å². The zero-order valence-electron chi connectivity index (χ0n) is 16.1. The average molecular weight is 406 g/mol. The zero-order valence-corrected chi connectivity index (χ0v) is 16.1. The summed E-state index contributed by atoms with van der Waals surface area (Å²) in [4.78, 5) is 54.5. The van der Waals surface area contributed by atoms with Crippen molar-refractivity contribution in [1.29, 1.82) is 0 Å². The van der Waals surface area contributed by atoms with Crippen LogP contribution < -0.4 is 10.9 Å². The van der Waals surface area contributed by atoms with Crippen LogP contribution in [-0.4, -0.2) is 45.3 Å². The van der Waals surface area contributed by atoms with Gasteiger partial charge >= 0.3 is 6.09 Å². The van der Waals surface area contributed by atoms with E-state index < -0.39 is 23.9 Å². The number of cyclic esters (lactones) is 1. The second-order valence-electron chi connectivity index (χ2n) is 6.85. The highest BCUT2D eigenvalue weighted by Gasteiger charge is 2.34. The number of ether oxygens (including phenoxy) is 1. The van der Waals surface area contributed by atoms with Gasteiger partial charge < -0.3 is 10.1 Å². The van der Waals surface area contributed by atoms with Crippen LogP contribution in [0.2, 0.25) is 0 Å². The summed E-state index contributed by atoms with van der Waals surface area (Å²) in [6, 6.07) is 12.8. The summed E-state index contributed by atoms with van der Waals surface area (Å²) in [5.41, 5.74) is 1.33. The number of aryl methyl sites for hydroxylation is 1. The minimum absolute atomic E-state index is 0.0788. The highest BCUT2D eigenvalue weighted by molar-refractivity contribution is 6.00. The molecule has 1 N–H and O–H groups in total. The van der Waals surface area contributed by atoms with Crippen molar-refractivity contribution in [3.63, 3.8) is 0 Å². The third-order valence-corrected chi connectivity index (χ3v) is 4.78. The number of nitrogens with one attached hydrogen (secondary N) is 1. The molecule has 152 valence electrons. The van der Waals surface area contributed by atoms with Crippen LogP contribution in [0.15, 0.2) is 59.5 Å². The summed E-state index contributed by atoms with van der Waals surface area (Å²) in [5.74, 6) is -0.955. The summed E-state index contributed by atoms with van der Waals surface area (Å²) in [6.45, 7) is 1.28. The van der Waals surface area contributed by atoms with Crippen molar-refractivity contribution in [2.75, 3.05) is 13.2 Å². The lowest BCUT2D eigenvalue weighted by atomic mass is 10.1. The number of amides is 3. The summed E-state index contributed by atoms with van der Waals surface area (Å²) in [5, 5.41) is 2.85. The standard InChI is InChI=1S/C21H18N4O5/c1-13-10-17(26)24-9-5-8-15(19(24)22-13)20(28)23-16(14-6-3-2-4-7-14)11-25-18(27)12-30-21(25)29/h2-10,16H,11-12H2,1H3,(H,23,28). The molecule has 1 fully saturated rings. The monoisotopic (exact) mass is 406 g/mol. The molecule has 0 bridgehead atoms. The molecule has 1 unspecified atom stereocenters. The molecule has 9 nitrogen and oxygen atoms in total. The topological polar surface area (TPSA) is 110 Å². The number of benzene rings is 1. The summed E-state index contributed by atoms with van der Waals surface area (Å²) in [7, 11) is 0. The van der Waals surface area contributed by atoms with E-state index in [-0.39, 0.29) is 29.9 Å². The van der Waals surface area contributed by atoms with Gasteiger partial charge in [-0.05, 0) is 24.6 Å². The predicted octanol–water partition coefficient (Wildman–Crippen LogP) is 1.45. The molecule has 1 aliphatic heterocycles. The number of carbonyl (C=O) groups is 3. The maximum absolute atomic E-state index is 13.1. The Kier molecular flexibility index (Phi) is 5.01.